The van der Waals surface area contributed by atoms with Crippen LogP contribution in [0.4, 0.5) is 0 Å². The van der Waals surface area contributed by atoms with Crippen LogP contribution in [-0.2, 0) is 9.47 Å². The lowest BCUT2D eigenvalue weighted by Gasteiger charge is -2.52. The van der Waals surface area contributed by atoms with Crippen molar-refractivity contribution in [2.75, 3.05) is 39.4 Å². The van der Waals surface area contributed by atoms with Gasteiger partial charge in [-0.05, 0) is 52.7 Å². The Balaban J connectivity index is 1.71. The van der Waals surface area contributed by atoms with E-state index < -0.39 is 5.54 Å². The van der Waals surface area contributed by atoms with Gasteiger partial charge in [0, 0.05) is 45.4 Å². The van der Waals surface area contributed by atoms with Crippen LogP contribution in [0.2, 0.25) is 0 Å². The van der Waals surface area contributed by atoms with E-state index >= 15 is 0 Å². The smallest absolute Gasteiger partial charge is 0.201 e. The molecule has 2 fully saturated rings. The van der Waals surface area contributed by atoms with E-state index in [-0.39, 0.29) is 23.7 Å². The molecule has 0 spiro atoms. The number of pyridine rings is 1. The monoisotopic (exact) mass is 419 g/mol. The molecule has 2 saturated heterocycles. The first-order valence-corrected chi connectivity index (χ1v) is 11.1. The Morgan fingerprint density at radius 2 is 2.00 bits per heavy atom. The molecule has 30 heavy (non-hydrogen) atoms. The van der Waals surface area contributed by atoms with E-state index in [1.807, 2.05) is 18.2 Å². The van der Waals surface area contributed by atoms with E-state index in [9.17, 15) is 9.90 Å². The normalized spacial score (nSPS) is 27.5. The highest BCUT2D eigenvalue weighted by Crippen LogP contribution is 2.39. The molecule has 0 saturated carbocycles. The molecule has 3 rings (SSSR count). The predicted molar refractivity (Wildman–Crippen MR) is 115 cm³/mol. The lowest BCUT2D eigenvalue weighted by Crippen LogP contribution is -2.65. The van der Waals surface area contributed by atoms with Crippen molar-refractivity contribution in [1.29, 1.82) is 0 Å². The topological polar surface area (TPSA) is 75.1 Å². The SMILES string of the molecule is CC(O)CCOC(C)N1CCN(C2(C(=O)c3ccccn3)CCOC(C)(C)C2)CC1. The number of ketones is 1. The predicted octanol–water partition coefficient (Wildman–Crippen LogP) is 2.34. The van der Waals surface area contributed by atoms with E-state index in [2.05, 4.69) is 35.6 Å². The maximum absolute atomic E-state index is 13.7. The molecule has 1 N–H and O–H groups in total. The molecule has 1 aromatic rings. The summed E-state index contributed by atoms with van der Waals surface area (Å²) < 4.78 is 11.9. The average Bonchev–Trinajstić information content (AvgIpc) is 2.72. The van der Waals surface area contributed by atoms with Crippen molar-refractivity contribution >= 4 is 5.78 Å². The van der Waals surface area contributed by atoms with E-state index in [4.69, 9.17) is 9.47 Å². The molecule has 7 nitrogen and oxygen atoms in total. The van der Waals surface area contributed by atoms with Crippen LogP contribution in [0.25, 0.3) is 0 Å². The number of piperazine rings is 1. The lowest BCUT2D eigenvalue weighted by atomic mass is 9.75. The third-order valence-corrected chi connectivity index (χ3v) is 6.38. The minimum atomic E-state index is -0.585. The van der Waals surface area contributed by atoms with Gasteiger partial charge in [0.1, 0.15) is 11.9 Å². The molecule has 0 aliphatic carbocycles. The first-order chi connectivity index (χ1) is 14.2. The fourth-order valence-corrected chi connectivity index (χ4v) is 4.71. The van der Waals surface area contributed by atoms with E-state index in [0.717, 1.165) is 26.2 Å². The maximum Gasteiger partial charge on any atom is 0.201 e. The maximum atomic E-state index is 13.7. The molecule has 0 aromatic carbocycles. The Hall–Kier alpha value is -1.38. The number of aliphatic hydroxyl groups excluding tert-OH is 1. The van der Waals surface area contributed by atoms with Gasteiger partial charge in [0.2, 0.25) is 5.78 Å². The Morgan fingerprint density at radius 1 is 1.27 bits per heavy atom. The summed E-state index contributed by atoms with van der Waals surface area (Å²) in [4.78, 5) is 22.7. The molecule has 168 valence electrons. The molecule has 2 aliphatic rings. The molecule has 1 aromatic heterocycles. The Bertz CT molecular complexity index is 689. The molecule has 7 heteroatoms. The summed E-state index contributed by atoms with van der Waals surface area (Å²) in [5, 5.41) is 9.42. The first kappa shape index (κ1) is 23.3. The number of rotatable bonds is 8. The Morgan fingerprint density at radius 3 is 2.60 bits per heavy atom. The minimum absolute atomic E-state index is 0.000489. The number of carbonyl (C=O) groups excluding carboxylic acids is 1. The molecule has 0 radical (unpaired) electrons. The van der Waals surface area contributed by atoms with Crippen molar-refractivity contribution in [3.8, 4) is 0 Å². The highest BCUT2D eigenvalue weighted by Gasteiger charge is 2.51. The molecule has 0 bridgehead atoms. The van der Waals surface area contributed by atoms with Crippen molar-refractivity contribution in [2.24, 2.45) is 0 Å². The second-order valence-corrected chi connectivity index (χ2v) is 9.24. The molecule has 3 heterocycles. The van der Waals surface area contributed by atoms with Crippen LogP contribution >= 0.6 is 0 Å². The van der Waals surface area contributed by atoms with Gasteiger partial charge < -0.3 is 14.6 Å². The lowest BCUT2D eigenvalue weighted by molar-refractivity contribution is -0.125. The van der Waals surface area contributed by atoms with Crippen LogP contribution < -0.4 is 0 Å². The van der Waals surface area contributed by atoms with Gasteiger partial charge in [-0.2, -0.15) is 0 Å². The van der Waals surface area contributed by atoms with Crippen LogP contribution in [0, 0.1) is 0 Å². The summed E-state index contributed by atoms with van der Waals surface area (Å²) in [6.07, 6.45) is 3.33. The molecular weight excluding hydrogens is 382 g/mol. The van der Waals surface area contributed by atoms with Gasteiger partial charge >= 0.3 is 0 Å². The number of carbonyl (C=O) groups is 1. The van der Waals surface area contributed by atoms with Crippen molar-refractivity contribution in [3.05, 3.63) is 30.1 Å². The van der Waals surface area contributed by atoms with Crippen LogP contribution in [0.15, 0.2) is 24.4 Å². The van der Waals surface area contributed by atoms with Crippen molar-refractivity contribution in [1.82, 2.24) is 14.8 Å². The molecule has 0 amide bonds. The van der Waals surface area contributed by atoms with Gasteiger partial charge in [-0.3, -0.25) is 19.6 Å². The van der Waals surface area contributed by atoms with Crippen LogP contribution in [0.5, 0.6) is 0 Å². The van der Waals surface area contributed by atoms with Crippen molar-refractivity contribution in [2.45, 2.75) is 70.4 Å². The quantitative estimate of drug-likeness (QED) is 0.648. The largest absolute Gasteiger partial charge is 0.393 e. The number of aromatic nitrogens is 1. The highest BCUT2D eigenvalue weighted by atomic mass is 16.5. The minimum Gasteiger partial charge on any atom is -0.393 e. The number of ether oxygens (including phenoxy) is 2. The van der Waals surface area contributed by atoms with Gasteiger partial charge in [0.25, 0.3) is 0 Å². The molecule has 3 atom stereocenters. The van der Waals surface area contributed by atoms with Crippen LogP contribution in [0.3, 0.4) is 0 Å². The van der Waals surface area contributed by atoms with E-state index in [1.54, 1.807) is 13.1 Å². The number of nitrogens with zero attached hydrogens (tertiary/aromatic N) is 3. The van der Waals surface area contributed by atoms with Gasteiger partial charge in [-0.1, -0.05) is 6.07 Å². The fraction of sp³-hybridized carbons (Fsp3) is 0.739. The van der Waals surface area contributed by atoms with Gasteiger partial charge in [0.05, 0.1) is 23.9 Å². The average molecular weight is 420 g/mol. The summed E-state index contributed by atoms with van der Waals surface area (Å²) in [5.41, 5.74) is -0.400. The summed E-state index contributed by atoms with van der Waals surface area (Å²) in [7, 11) is 0. The first-order valence-electron chi connectivity index (χ1n) is 11.1. The van der Waals surface area contributed by atoms with E-state index in [1.165, 1.54) is 0 Å². The highest BCUT2D eigenvalue weighted by molar-refractivity contribution is 6.02. The van der Waals surface area contributed by atoms with Gasteiger partial charge in [0.15, 0.2) is 0 Å². The van der Waals surface area contributed by atoms with E-state index in [0.29, 0.717) is 38.2 Å². The zero-order valence-corrected chi connectivity index (χ0v) is 18.8. The third kappa shape index (κ3) is 5.45. The number of hydrogen-bond donors (Lipinski definition) is 1. The summed E-state index contributed by atoms with van der Waals surface area (Å²) in [6, 6.07) is 5.54. The second-order valence-electron chi connectivity index (χ2n) is 9.24. The second kappa shape index (κ2) is 9.83. The zero-order valence-electron chi connectivity index (χ0n) is 18.8. The van der Waals surface area contributed by atoms with Gasteiger partial charge in [-0.15, -0.1) is 0 Å². The fourth-order valence-electron chi connectivity index (χ4n) is 4.71. The number of Topliss-reactive ketones (excluding diaryl/α,β-unsaturated/α-hetero) is 1. The molecule has 2 aliphatic heterocycles. The summed E-state index contributed by atoms with van der Waals surface area (Å²) >= 11 is 0. The standard InChI is InChI=1S/C23H37N3O4/c1-18(27)8-15-29-19(2)25-11-13-26(14-12-25)23(9-16-30-22(3,4)17-23)21(28)20-7-5-6-10-24-20/h5-7,10,18-19,27H,8-9,11-17H2,1-4H3. The Kier molecular flexibility index (Phi) is 7.63. The summed E-state index contributed by atoms with van der Waals surface area (Å²) in [5.74, 6) is 0.106. The van der Waals surface area contributed by atoms with Crippen LogP contribution in [0.1, 0.15) is 57.4 Å². The zero-order chi connectivity index (χ0) is 21.8. The Labute approximate surface area is 180 Å². The molecule has 3 unspecified atom stereocenters. The van der Waals surface area contributed by atoms with Crippen molar-refractivity contribution in [3.63, 3.8) is 0 Å². The number of hydrogen-bond acceptors (Lipinski definition) is 7. The van der Waals surface area contributed by atoms with Crippen molar-refractivity contribution < 1.29 is 19.4 Å². The number of aliphatic hydroxyl groups is 1. The third-order valence-electron chi connectivity index (χ3n) is 6.38. The van der Waals surface area contributed by atoms with Gasteiger partial charge in [-0.25, -0.2) is 0 Å². The molecular formula is C23H37N3O4. The van der Waals surface area contributed by atoms with Crippen LogP contribution in [-0.4, -0.2) is 88.5 Å². The summed E-state index contributed by atoms with van der Waals surface area (Å²) in [6.45, 7) is 12.4.